The van der Waals surface area contributed by atoms with E-state index in [-0.39, 0.29) is 18.1 Å². The third-order valence-electron chi connectivity index (χ3n) is 3.39. The van der Waals surface area contributed by atoms with Gasteiger partial charge in [-0.3, -0.25) is 4.79 Å². The molecule has 0 fully saturated rings. The molecule has 1 N–H and O–H groups in total. The number of nitrogens with one attached hydrogen (secondary N) is 1. The SMILES string of the molecule is CCC(C)(C)C(=O)NCc1ccc2c(c1)OCO2. The van der Waals surface area contributed by atoms with E-state index in [4.69, 9.17) is 9.47 Å². The highest BCUT2D eigenvalue weighted by Crippen LogP contribution is 2.32. The lowest BCUT2D eigenvalue weighted by Gasteiger charge is -2.21. The van der Waals surface area contributed by atoms with Crippen molar-refractivity contribution in [3.63, 3.8) is 0 Å². The monoisotopic (exact) mass is 249 g/mol. The van der Waals surface area contributed by atoms with Gasteiger partial charge in [0.25, 0.3) is 0 Å². The van der Waals surface area contributed by atoms with Crippen LogP contribution in [0, 0.1) is 5.41 Å². The van der Waals surface area contributed by atoms with E-state index >= 15 is 0 Å². The summed E-state index contributed by atoms with van der Waals surface area (Å²) in [5, 5.41) is 2.95. The van der Waals surface area contributed by atoms with Crippen molar-refractivity contribution < 1.29 is 14.3 Å². The lowest BCUT2D eigenvalue weighted by atomic mass is 9.89. The average molecular weight is 249 g/mol. The third kappa shape index (κ3) is 2.58. The molecule has 0 saturated carbocycles. The van der Waals surface area contributed by atoms with Gasteiger partial charge in [0, 0.05) is 12.0 Å². The number of ether oxygens (including phenoxy) is 2. The highest BCUT2D eigenvalue weighted by molar-refractivity contribution is 5.81. The molecule has 1 aromatic rings. The minimum Gasteiger partial charge on any atom is -0.454 e. The number of carbonyl (C=O) groups excluding carboxylic acids is 1. The summed E-state index contributed by atoms with van der Waals surface area (Å²) >= 11 is 0. The normalized spacial score (nSPS) is 13.5. The number of benzene rings is 1. The molecule has 1 aromatic carbocycles. The van der Waals surface area contributed by atoms with Gasteiger partial charge >= 0.3 is 0 Å². The molecule has 1 aliphatic heterocycles. The fourth-order valence-corrected chi connectivity index (χ4v) is 1.63. The molecule has 2 rings (SSSR count). The van der Waals surface area contributed by atoms with Crippen molar-refractivity contribution in [3.05, 3.63) is 23.8 Å². The van der Waals surface area contributed by atoms with Gasteiger partial charge in [-0.25, -0.2) is 0 Å². The first kappa shape index (κ1) is 12.7. The van der Waals surface area contributed by atoms with Gasteiger partial charge < -0.3 is 14.8 Å². The van der Waals surface area contributed by atoms with Crippen molar-refractivity contribution in [2.45, 2.75) is 33.7 Å². The number of carbonyl (C=O) groups is 1. The fraction of sp³-hybridized carbons (Fsp3) is 0.500. The minimum absolute atomic E-state index is 0.0719. The number of hydrogen-bond acceptors (Lipinski definition) is 3. The molecule has 0 saturated heterocycles. The molecule has 0 bridgehead atoms. The molecule has 4 heteroatoms. The molecule has 98 valence electrons. The summed E-state index contributed by atoms with van der Waals surface area (Å²) in [6.45, 7) is 6.69. The second-order valence-electron chi connectivity index (χ2n) is 5.11. The van der Waals surface area contributed by atoms with E-state index in [1.165, 1.54) is 0 Å². The zero-order valence-electron chi connectivity index (χ0n) is 11.1. The van der Waals surface area contributed by atoms with Crippen LogP contribution in [0.15, 0.2) is 18.2 Å². The van der Waals surface area contributed by atoms with Crippen molar-refractivity contribution in [3.8, 4) is 11.5 Å². The van der Waals surface area contributed by atoms with Gasteiger partial charge in [0.05, 0.1) is 0 Å². The Morgan fingerprint density at radius 1 is 1.33 bits per heavy atom. The fourth-order valence-electron chi connectivity index (χ4n) is 1.63. The van der Waals surface area contributed by atoms with Gasteiger partial charge in [0.2, 0.25) is 12.7 Å². The van der Waals surface area contributed by atoms with Gasteiger partial charge in [-0.05, 0) is 24.1 Å². The van der Waals surface area contributed by atoms with Gasteiger partial charge in [-0.1, -0.05) is 26.8 Å². The number of rotatable bonds is 4. The summed E-state index contributed by atoms with van der Waals surface area (Å²) in [5.41, 5.74) is 0.690. The molecule has 0 aliphatic carbocycles. The van der Waals surface area contributed by atoms with E-state index in [1.807, 2.05) is 39.0 Å². The maximum Gasteiger partial charge on any atom is 0.231 e. The first-order valence-electron chi connectivity index (χ1n) is 6.20. The van der Waals surface area contributed by atoms with Crippen LogP contribution >= 0.6 is 0 Å². The second kappa shape index (κ2) is 4.88. The van der Waals surface area contributed by atoms with Crippen LogP contribution in [0.5, 0.6) is 11.5 Å². The molecule has 0 atom stereocenters. The smallest absolute Gasteiger partial charge is 0.231 e. The molecule has 0 radical (unpaired) electrons. The molecule has 18 heavy (non-hydrogen) atoms. The van der Waals surface area contributed by atoms with Crippen molar-refractivity contribution >= 4 is 5.91 Å². The van der Waals surface area contributed by atoms with E-state index < -0.39 is 0 Å². The first-order valence-corrected chi connectivity index (χ1v) is 6.20. The first-order chi connectivity index (χ1) is 8.53. The molecule has 1 heterocycles. The van der Waals surface area contributed by atoms with Gasteiger partial charge in [-0.2, -0.15) is 0 Å². The van der Waals surface area contributed by atoms with E-state index in [9.17, 15) is 4.79 Å². The topological polar surface area (TPSA) is 47.6 Å². The molecule has 1 amide bonds. The highest BCUT2D eigenvalue weighted by Gasteiger charge is 2.24. The van der Waals surface area contributed by atoms with E-state index in [0.717, 1.165) is 23.5 Å². The van der Waals surface area contributed by atoms with Gasteiger partial charge in [0.15, 0.2) is 11.5 Å². The lowest BCUT2D eigenvalue weighted by Crippen LogP contribution is -2.35. The van der Waals surface area contributed by atoms with E-state index in [2.05, 4.69) is 5.32 Å². The van der Waals surface area contributed by atoms with Crippen LogP contribution in [0.2, 0.25) is 0 Å². The average Bonchev–Trinajstić information content (AvgIpc) is 2.83. The van der Waals surface area contributed by atoms with Crippen LogP contribution in [0.3, 0.4) is 0 Å². The van der Waals surface area contributed by atoms with E-state index in [0.29, 0.717) is 6.54 Å². The Hall–Kier alpha value is -1.71. The van der Waals surface area contributed by atoms with Crippen molar-refractivity contribution in [1.82, 2.24) is 5.32 Å². The Morgan fingerprint density at radius 2 is 2.06 bits per heavy atom. The van der Waals surface area contributed by atoms with Crippen LogP contribution in [0.4, 0.5) is 0 Å². The molecule has 1 aliphatic rings. The van der Waals surface area contributed by atoms with Crippen LogP contribution in [0.1, 0.15) is 32.8 Å². The molecule has 4 nitrogen and oxygen atoms in total. The third-order valence-corrected chi connectivity index (χ3v) is 3.39. The maximum atomic E-state index is 11.9. The summed E-state index contributed by atoms with van der Waals surface area (Å²) in [4.78, 5) is 11.9. The number of hydrogen-bond donors (Lipinski definition) is 1. The van der Waals surface area contributed by atoms with Crippen molar-refractivity contribution in [2.24, 2.45) is 5.41 Å². The number of fused-ring (bicyclic) bond motifs is 1. The van der Waals surface area contributed by atoms with Crippen molar-refractivity contribution in [1.29, 1.82) is 0 Å². The molecule has 0 spiro atoms. The molecule has 0 aromatic heterocycles. The lowest BCUT2D eigenvalue weighted by molar-refractivity contribution is -0.129. The Morgan fingerprint density at radius 3 is 2.78 bits per heavy atom. The Labute approximate surface area is 107 Å². The zero-order valence-corrected chi connectivity index (χ0v) is 11.1. The summed E-state index contributed by atoms with van der Waals surface area (Å²) in [7, 11) is 0. The predicted octanol–water partition coefficient (Wildman–Crippen LogP) is 2.47. The predicted molar refractivity (Wildman–Crippen MR) is 68.5 cm³/mol. The summed E-state index contributed by atoms with van der Waals surface area (Å²) in [6, 6.07) is 5.71. The summed E-state index contributed by atoms with van der Waals surface area (Å²) < 4.78 is 10.5. The largest absolute Gasteiger partial charge is 0.454 e. The van der Waals surface area contributed by atoms with Crippen LogP contribution in [0.25, 0.3) is 0 Å². The van der Waals surface area contributed by atoms with Crippen LogP contribution in [-0.2, 0) is 11.3 Å². The van der Waals surface area contributed by atoms with Crippen LogP contribution in [-0.4, -0.2) is 12.7 Å². The Kier molecular flexibility index (Phi) is 3.45. The standard InChI is InChI=1S/C14H19NO3/c1-4-14(2,3)13(16)15-8-10-5-6-11-12(7-10)18-9-17-11/h5-7H,4,8-9H2,1-3H3,(H,15,16). The van der Waals surface area contributed by atoms with Crippen molar-refractivity contribution in [2.75, 3.05) is 6.79 Å². The van der Waals surface area contributed by atoms with Gasteiger partial charge in [0.1, 0.15) is 0 Å². The van der Waals surface area contributed by atoms with Gasteiger partial charge in [-0.15, -0.1) is 0 Å². The summed E-state index contributed by atoms with van der Waals surface area (Å²) in [5.74, 6) is 1.58. The number of amides is 1. The molecular weight excluding hydrogens is 230 g/mol. The summed E-state index contributed by atoms with van der Waals surface area (Å²) in [6.07, 6.45) is 0.819. The van der Waals surface area contributed by atoms with E-state index in [1.54, 1.807) is 0 Å². The highest BCUT2D eigenvalue weighted by atomic mass is 16.7. The zero-order chi connectivity index (χ0) is 13.2. The second-order valence-corrected chi connectivity index (χ2v) is 5.11. The Balaban J connectivity index is 1.97. The molecular formula is C14H19NO3. The Bertz CT molecular complexity index is 454. The molecule has 0 unspecified atom stereocenters. The quantitative estimate of drug-likeness (QED) is 0.891. The minimum atomic E-state index is -0.323. The van der Waals surface area contributed by atoms with Crippen LogP contribution < -0.4 is 14.8 Å². The maximum absolute atomic E-state index is 11.9.